The number of nitrogens with zero attached hydrogens (tertiary/aromatic N) is 2. The van der Waals surface area contributed by atoms with Crippen molar-refractivity contribution in [2.45, 2.75) is 51.0 Å². The van der Waals surface area contributed by atoms with E-state index in [-0.39, 0.29) is 37.2 Å². The average molecular weight is 711 g/mol. The summed E-state index contributed by atoms with van der Waals surface area (Å²) in [6, 6.07) is 35.1. The zero-order chi connectivity index (χ0) is 36.5. The van der Waals surface area contributed by atoms with Gasteiger partial charge in [0.25, 0.3) is 11.8 Å². The number of aliphatic hydroxyl groups excluding tert-OH is 1. The summed E-state index contributed by atoms with van der Waals surface area (Å²) in [6.45, 7) is 2.59. The summed E-state index contributed by atoms with van der Waals surface area (Å²) >= 11 is 0. The normalized spacial score (nSPS) is 19.9. The highest BCUT2D eigenvalue weighted by Gasteiger charge is 2.36. The lowest BCUT2D eigenvalue weighted by Gasteiger charge is -2.39. The maximum Gasteiger partial charge on any atom is 0.261 e. The second-order valence-corrected chi connectivity index (χ2v) is 13.8. The van der Waals surface area contributed by atoms with Crippen LogP contribution in [0.5, 0.6) is 11.5 Å². The fourth-order valence-corrected chi connectivity index (χ4v) is 7.73. The Kier molecular flexibility index (Phi) is 9.81. The van der Waals surface area contributed by atoms with Gasteiger partial charge in [0.15, 0.2) is 17.8 Å². The van der Waals surface area contributed by atoms with Crippen LogP contribution >= 0.6 is 0 Å². The molecule has 0 spiro atoms. The SMILES string of the molecule is COc1cc2c(cc1OC)CN(C[C@@H]1C[C@H](c3ccc(CO)cc3)O[C@H](c3ccc(-c4ccccc4CN4C(=O)c5ccccc5C4=O)cc3)O1)CC2. The quantitative estimate of drug-likeness (QED) is 0.151. The van der Waals surface area contributed by atoms with Crippen LogP contribution in [0.15, 0.2) is 109 Å². The minimum absolute atomic E-state index is 0.0129. The van der Waals surface area contributed by atoms with Crippen molar-refractivity contribution in [1.82, 2.24) is 9.80 Å². The summed E-state index contributed by atoms with van der Waals surface area (Å²) < 4.78 is 24.5. The number of amides is 2. The molecule has 1 fully saturated rings. The predicted octanol–water partition coefficient (Wildman–Crippen LogP) is 7.26. The van der Waals surface area contributed by atoms with E-state index >= 15 is 0 Å². The van der Waals surface area contributed by atoms with E-state index in [9.17, 15) is 14.7 Å². The highest BCUT2D eigenvalue weighted by molar-refractivity contribution is 6.21. The highest BCUT2D eigenvalue weighted by Crippen LogP contribution is 2.40. The van der Waals surface area contributed by atoms with E-state index in [2.05, 4.69) is 17.0 Å². The predicted molar refractivity (Wildman–Crippen MR) is 199 cm³/mol. The molecule has 9 heteroatoms. The van der Waals surface area contributed by atoms with E-state index < -0.39 is 6.29 Å². The first-order chi connectivity index (χ1) is 25.9. The molecule has 53 heavy (non-hydrogen) atoms. The molecule has 2 amide bonds. The smallest absolute Gasteiger partial charge is 0.261 e. The Labute approximate surface area is 309 Å². The minimum Gasteiger partial charge on any atom is -0.493 e. The Morgan fingerprint density at radius 2 is 1.36 bits per heavy atom. The van der Waals surface area contributed by atoms with Crippen molar-refractivity contribution in [3.63, 3.8) is 0 Å². The summed E-state index contributed by atoms with van der Waals surface area (Å²) in [6.07, 6.45) is 0.698. The molecule has 270 valence electrons. The largest absolute Gasteiger partial charge is 0.493 e. The Hall–Kier alpha value is -5.32. The fourth-order valence-electron chi connectivity index (χ4n) is 7.73. The van der Waals surface area contributed by atoms with Crippen molar-refractivity contribution in [3.05, 3.63) is 154 Å². The zero-order valence-electron chi connectivity index (χ0n) is 29.9. The third-order valence-corrected chi connectivity index (χ3v) is 10.6. The second kappa shape index (κ2) is 15.0. The van der Waals surface area contributed by atoms with Gasteiger partial charge in [0, 0.05) is 31.6 Å². The molecule has 9 nitrogen and oxygen atoms in total. The Bertz CT molecular complexity index is 2100. The molecule has 5 aromatic rings. The maximum absolute atomic E-state index is 13.2. The van der Waals surface area contributed by atoms with Gasteiger partial charge in [-0.15, -0.1) is 0 Å². The van der Waals surface area contributed by atoms with Crippen LogP contribution in [0.2, 0.25) is 0 Å². The van der Waals surface area contributed by atoms with Gasteiger partial charge in [0.05, 0.1) is 50.7 Å². The highest BCUT2D eigenvalue weighted by atomic mass is 16.7. The van der Waals surface area contributed by atoms with Gasteiger partial charge in [-0.2, -0.15) is 0 Å². The maximum atomic E-state index is 13.2. The number of aliphatic hydroxyl groups is 1. The number of carbonyl (C=O) groups excluding carboxylic acids is 2. The van der Waals surface area contributed by atoms with Crippen LogP contribution in [0, 0.1) is 0 Å². The van der Waals surface area contributed by atoms with Gasteiger partial charge in [0.2, 0.25) is 0 Å². The summed E-state index contributed by atoms with van der Waals surface area (Å²) in [5.41, 5.74) is 8.97. The number of imide groups is 1. The first kappa shape index (κ1) is 34.7. The van der Waals surface area contributed by atoms with Crippen LogP contribution in [0.1, 0.15) is 72.9 Å². The van der Waals surface area contributed by atoms with E-state index in [4.69, 9.17) is 18.9 Å². The number of methoxy groups -OCH3 is 2. The number of ether oxygens (including phenoxy) is 4. The van der Waals surface area contributed by atoms with Crippen molar-refractivity contribution in [2.75, 3.05) is 27.3 Å². The molecule has 3 aliphatic heterocycles. The lowest BCUT2D eigenvalue weighted by atomic mass is 9.96. The van der Waals surface area contributed by atoms with Crippen molar-refractivity contribution in [1.29, 1.82) is 0 Å². The van der Waals surface area contributed by atoms with Crippen molar-refractivity contribution in [3.8, 4) is 22.6 Å². The molecule has 0 saturated carbocycles. The molecular weight excluding hydrogens is 668 g/mol. The molecule has 8 rings (SSSR count). The first-order valence-electron chi connectivity index (χ1n) is 18.0. The number of benzene rings is 5. The van der Waals surface area contributed by atoms with Gasteiger partial charge >= 0.3 is 0 Å². The van der Waals surface area contributed by atoms with Crippen LogP contribution in [-0.2, 0) is 35.6 Å². The van der Waals surface area contributed by atoms with Gasteiger partial charge in [-0.3, -0.25) is 19.4 Å². The summed E-state index contributed by atoms with van der Waals surface area (Å²) in [5, 5.41) is 9.64. The molecule has 1 N–H and O–H groups in total. The second-order valence-electron chi connectivity index (χ2n) is 13.8. The van der Waals surface area contributed by atoms with Crippen LogP contribution < -0.4 is 9.47 Å². The van der Waals surface area contributed by atoms with E-state index in [0.29, 0.717) is 17.5 Å². The molecule has 5 aromatic carbocycles. The lowest BCUT2D eigenvalue weighted by molar-refractivity contribution is -0.253. The van der Waals surface area contributed by atoms with Gasteiger partial charge in [-0.1, -0.05) is 84.9 Å². The van der Waals surface area contributed by atoms with Crippen LogP contribution in [0.3, 0.4) is 0 Å². The monoisotopic (exact) mass is 710 g/mol. The molecular formula is C44H42N2O7. The third-order valence-electron chi connectivity index (χ3n) is 10.6. The Balaban J connectivity index is 1.02. The van der Waals surface area contributed by atoms with Crippen LogP contribution in [0.25, 0.3) is 11.1 Å². The molecule has 0 bridgehead atoms. The fraction of sp³-hybridized carbons (Fsp3) is 0.273. The number of fused-ring (bicyclic) bond motifs is 2. The summed E-state index contributed by atoms with van der Waals surface area (Å²) in [5.74, 6) is 0.941. The van der Waals surface area contributed by atoms with E-state index in [1.165, 1.54) is 16.0 Å². The van der Waals surface area contributed by atoms with Gasteiger partial charge in [-0.25, -0.2) is 0 Å². The molecule has 0 aliphatic carbocycles. The Morgan fingerprint density at radius 1 is 0.736 bits per heavy atom. The molecule has 3 aliphatic rings. The molecule has 0 unspecified atom stereocenters. The molecule has 0 aromatic heterocycles. The number of carbonyl (C=O) groups is 2. The standard InChI is InChI=1S/C44H42N2O7/c1-50-40-21-32-19-20-45(24-34(32)22-41(40)51-2)26-35-23-39(30-13-11-28(27-47)12-14-30)53-44(52-35)31-17-15-29(16-18-31)36-8-4-3-7-33(36)25-46-42(48)37-9-5-6-10-38(37)43(46)49/h3-18,21-22,35,39,44,47H,19-20,23-27H2,1-2H3/t35-,39+,44+/m0/s1. The van der Waals surface area contributed by atoms with E-state index in [0.717, 1.165) is 70.9 Å². The molecule has 3 atom stereocenters. The van der Waals surface area contributed by atoms with Gasteiger partial charge < -0.3 is 24.1 Å². The number of rotatable bonds is 10. The average Bonchev–Trinajstić information content (AvgIpc) is 3.45. The number of hydrogen-bond donors (Lipinski definition) is 1. The van der Waals surface area contributed by atoms with Crippen molar-refractivity contribution < 1.29 is 33.6 Å². The molecule has 0 radical (unpaired) electrons. The Morgan fingerprint density at radius 3 is 2.02 bits per heavy atom. The minimum atomic E-state index is -0.597. The van der Waals surface area contributed by atoms with Gasteiger partial charge in [0.1, 0.15) is 0 Å². The number of hydrogen-bond acceptors (Lipinski definition) is 8. The lowest BCUT2D eigenvalue weighted by Crippen LogP contribution is -2.41. The first-order valence-corrected chi connectivity index (χ1v) is 18.0. The van der Waals surface area contributed by atoms with Crippen LogP contribution in [-0.4, -0.2) is 60.1 Å². The topological polar surface area (TPSA) is 97.8 Å². The van der Waals surface area contributed by atoms with Crippen LogP contribution in [0.4, 0.5) is 0 Å². The van der Waals surface area contributed by atoms with E-state index in [1.54, 1.807) is 38.5 Å². The molecule has 3 heterocycles. The van der Waals surface area contributed by atoms with Crippen molar-refractivity contribution >= 4 is 11.8 Å². The summed E-state index contributed by atoms with van der Waals surface area (Å²) in [7, 11) is 3.33. The molecule has 1 saturated heterocycles. The third kappa shape index (κ3) is 6.96. The summed E-state index contributed by atoms with van der Waals surface area (Å²) in [4.78, 5) is 30.1. The zero-order valence-corrected chi connectivity index (χ0v) is 29.9. The van der Waals surface area contributed by atoms with E-state index in [1.807, 2.05) is 72.8 Å². The van der Waals surface area contributed by atoms with Crippen molar-refractivity contribution in [2.24, 2.45) is 0 Å². The van der Waals surface area contributed by atoms with Gasteiger partial charge in [-0.05, 0) is 69.6 Å².